The van der Waals surface area contributed by atoms with Crippen LogP contribution in [-0.2, 0) is 0 Å². The first-order valence-electron chi connectivity index (χ1n) is 5.56. The SMILES string of the molecule is NC1CC(Nc2ccc([N+](=O)[O-])cc2C(F)F)C1. The lowest BCUT2D eigenvalue weighted by Gasteiger charge is -2.34. The number of nitro benzene ring substituents is 1. The van der Waals surface area contributed by atoms with Gasteiger partial charge in [0, 0.05) is 35.5 Å². The van der Waals surface area contributed by atoms with E-state index in [0.717, 1.165) is 18.9 Å². The van der Waals surface area contributed by atoms with E-state index in [4.69, 9.17) is 5.73 Å². The fraction of sp³-hybridized carbons (Fsp3) is 0.455. The number of non-ortho nitro benzene ring substituents is 1. The van der Waals surface area contributed by atoms with Gasteiger partial charge in [0.2, 0.25) is 0 Å². The van der Waals surface area contributed by atoms with E-state index in [9.17, 15) is 18.9 Å². The van der Waals surface area contributed by atoms with Crippen molar-refractivity contribution in [3.8, 4) is 0 Å². The minimum atomic E-state index is -2.75. The number of anilines is 1. The monoisotopic (exact) mass is 257 g/mol. The topological polar surface area (TPSA) is 81.2 Å². The average molecular weight is 257 g/mol. The standard InChI is InChI=1S/C11H13F2N3O2/c12-11(13)9-5-8(16(17)18)1-2-10(9)15-7-3-6(14)4-7/h1-2,5-7,11,15H,3-4,14H2. The highest BCUT2D eigenvalue weighted by molar-refractivity contribution is 5.57. The minimum absolute atomic E-state index is 0.0685. The van der Waals surface area contributed by atoms with E-state index in [1.165, 1.54) is 12.1 Å². The van der Waals surface area contributed by atoms with Crippen LogP contribution in [0.5, 0.6) is 0 Å². The Morgan fingerprint density at radius 3 is 2.61 bits per heavy atom. The van der Waals surface area contributed by atoms with Crippen LogP contribution < -0.4 is 11.1 Å². The molecule has 1 fully saturated rings. The molecule has 0 spiro atoms. The highest BCUT2D eigenvalue weighted by Crippen LogP contribution is 2.33. The second kappa shape index (κ2) is 4.85. The van der Waals surface area contributed by atoms with Crippen molar-refractivity contribution < 1.29 is 13.7 Å². The van der Waals surface area contributed by atoms with Crippen molar-refractivity contribution in [1.29, 1.82) is 0 Å². The van der Waals surface area contributed by atoms with E-state index in [1.807, 2.05) is 0 Å². The van der Waals surface area contributed by atoms with Crippen LogP contribution in [-0.4, -0.2) is 17.0 Å². The fourth-order valence-corrected chi connectivity index (χ4v) is 1.98. The molecule has 0 saturated heterocycles. The summed E-state index contributed by atoms with van der Waals surface area (Å²) in [5, 5.41) is 13.5. The van der Waals surface area contributed by atoms with Gasteiger partial charge < -0.3 is 11.1 Å². The molecule has 0 unspecified atom stereocenters. The average Bonchev–Trinajstić information content (AvgIpc) is 2.26. The number of benzene rings is 1. The molecule has 0 radical (unpaired) electrons. The van der Waals surface area contributed by atoms with Gasteiger partial charge in [-0.3, -0.25) is 10.1 Å². The molecule has 1 aromatic carbocycles. The number of nitrogens with one attached hydrogen (secondary N) is 1. The van der Waals surface area contributed by atoms with Gasteiger partial charge in [0.25, 0.3) is 12.1 Å². The minimum Gasteiger partial charge on any atom is -0.382 e. The number of halogens is 2. The summed E-state index contributed by atoms with van der Waals surface area (Å²) in [6, 6.07) is 3.62. The smallest absolute Gasteiger partial charge is 0.270 e. The predicted octanol–water partition coefficient (Wildman–Crippen LogP) is 2.43. The zero-order valence-electron chi connectivity index (χ0n) is 9.48. The summed E-state index contributed by atoms with van der Waals surface area (Å²) in [6.07, 6.45) is -1.31. The zero-order valence-corrected chi connectivity index (χ0v) is 9.48. The normalized spacial score (nSPS) is 22.7. The molecule has 98 valence electrons. The van der Waals surface area contributed by atoms with Crippen molar-refractivity contribution in [2.45, 2.75) is 31.4 Å². The number of nitro groups is 1. The van der Waals surface area contributed by atoms with E-state index in [0.29, 0.717) is 0 Å². The number of nitrogens with zero attached hydrogens (tertiary/aromatic N) is 1. The number of hydrogen-bond acceptors (Lipinski definition) is 4. The second-order valence-corrected chi connectivity index (χ2v) is 4.40. The zero-order chi connectivity index (χ0) is 13.3. The largest absolute Gasteiger partial charge is 0.382 e. The molecule has 18 heavy (non-hydrogen) atoms. The van der Waals surface area contributed by atoms with Gasteiger partial charge in [-0.1, -0.05) is 0 Å². The molecular formula is C11H13F2N3O2. The van der Waals surface area contributed by atoms with Crippen LogP contribution in [0.25, 0.3) is 0 Å². The first kappa shape index (κ1) is 12.7. The van der Waals surface area contributed by atoms with Gasteiger partial charge in [-0.15, -0.1) is 0 Å². The van der Waals surface area contributed by atoms with Gasteiger partial charge in [0.05, 0.1) is 4.92 Å². The van der Waals surface area contributed by atoms with Gasteiger partial charge in [-0.2, -0.15) is 0 Å². The molecule has 2 rings (SSSR count). The van der Waals surface area contributed by atoms with Crippen molar-refractivity contribution in [3.05, 3.63) is 33.9 Å². The maximum atomic E-state index is 12.8. The van der Waals surface area contributed by atoms with Crippen LogP contribution in [0, 0.1) is 10.1 Å². The summed E-state index contributed by atoms with van der Waals surface area (Å²) >= 11 is 0. The summed E-state index contributed by atoms with van der Waals surface area (Å²) in [6.45, 7) is 0. The molecule has 1 saturated carbocycles. The quantitative estimate of drug-likeness (QED) is 0.641. The third-order valence-corrected chi connectivity index (χ3v) is 3.02. The van der Waals surface area contributed by atoms with Gasteiger partial charge in [-0.25, -0.2) is 8.78 Å². The van der Waals surface area contributed by atoms with E-state index >= 15 is 0 Å². The number of alkyl halides is 2. The third kappa shape index (κ3) is 2.56. The second-order valence-electron chi connectivity index (χ2n) is 4.40. The van der Waals surface area contributed by atoms with Crippen molar-refractivity contribution >= 4 is 11.4 Å². The lowest BCUT2D eigenvalue weighted by molar-refractivity contribution is -0.385. The molecule has 1 aliphatic carbocycles. The van der Waals surface area contributed by atoms with Gasteiger partial charge in [-0.05, 0) is 18.9 Å². The van der Waals surface area contributed by atoms with Crippen molar-refractivity contribution in [1.82, 2.24) is 0 Å². The van der Waals surface area contributed by atoms with Crippen molar-refractivity contribution in [2.75, 3.05) is 5.32 Å². The Hall–Kier alpha value is -1.76. The third-order valence-electron chi connectivity index (χ3n) is 3.02. The molecule has 0 aliphatic heterocycles. The molecular weight excluding hydrogens is 244 g/mol. The maximum Gasteiger partial charge on any atom is 0.270 e. The molecule has 0 amide bonds. The summed E-state index contributed by atoms with van der Waals surface area (Å²) in [5.41, 5.74) is 5.17. The van der Waals surface area contributed by atoms with Crippen LogP contribution in [0.15, 0.2) is 18.2 Å². The Morgan fingerprint density at radius 2 is 2.11 bits per heavy atom. The Bertz CT molecular complexity index is 462. The first-order chi connectivity index (χ1) is 8.47. The summed E-state index contributed by atoms with van der Waals surface area (Å²) in [7, 11) is 0. The van der Waals surface area contributed by atoms with Gasteiger partial charge >= 0.3 is 0 Å². The lowest BCUT2D eigenvalue weighted by Crippen LogP contribution is -2.44. The Balaban J connectivity index is 2.20. The van der Waals surface area contributed by atoms with E-state index < -0.39 is 11.3 Å². The molecule has 7 heteroatoms. The number of hydrogen-bond donors (Lipinski definition) is 2. The number of rotatable bonds is 4. The molecule has 1 aliphatic rings. The Kier molecular flexibility index (Phi) is 3.42. The number of nitrogens with two attached hydrogens (primary N) is 1. The Morgan fingerprint density at radius 1 is 1.44 bits per heavy atom. The Labute approximate surface area is 102 Å². The first-order valence-corrected chi connectivity index (χ1v) is 5.56. The lowest BCUT2D eigenvalue weighted by atomic mass is 9.87. The van der Waals surface area contributed by atoms with Crippen molar-refractivity contribution in [3.63, 3.8) is 0 Å². The van der Waals surface area contributed by atoms with E-state index in [1.54, 1.807) is 0 Å². The highest BCUT2D eigenvalue weighted by Gasteiger charge is 2.27. The van der Waals surface area contributed by atoms with Crippen LogP contribution in [0.1, 0.15) is 24.8 Å². The molecule has 5 nitrogen and oxygen atoms in total. The van der Waals surface area contributed by atoms with Crippen LogP contribution in [0.3, 0.4) is 0 Å². The molecule has 0 atom stereocenters. The van der Waals surface area contributed by atoms with Gasteiger partial charge in [0.1, 0.15) is 0 Å². The molecule has 0 heterocycles. The predicted molar refractivity (Wildman–Crippen MR) is 62.7 cm³/mol. The maximum absolute atomic E-state index is 12.8. The molecule has 0 bridgehead atoms. The van der Waals surface area contributed by atoms with Crippen LogP contribution >= 0.6 is 0 Å². The highest BCUT2D eigenvalue weighted by atomic mass is 19.3. The van der Waals surface area contributed by atoms with E-state index in [2.05, 4.69) is 5.32 Å². The fourth-order valence-electron chi connectivity index (χ4n) is 1.98. The summed E-state index contributed by atoms with van der Waals surface area (Å²) < 4.78 is 25.7. The van der Waals surface area contributed by atoms with Gasteiger partial charge in [0.15, 0.2) is 0 Å². The molecule has 0 aromatic heterocycles. The summed E-state index contributed by atoms with van der Waals surface area (Å²) in [4.78, 5) is 9.86. The molecule has 3 N–H and O–H groups in total. The molecule has 1 aromatic rings. The van der Waals surface area contributed by atoms with E-state index in [-0.39, 0.29) is 29.0 Å². The van der Waals surface area contributed by atoms with Crippen molar-refractivity contribution in [2.24, 2.45) is 5.73 Å². The van der Waals surface area contributed by atoms with Crippen LogP contribution in [0.2, 0.25) is 0 Å². The summed E-state index contributed by atoms with van der Waals surface area (Å²) in [5.74, 6) is 0. The van der Waals surface area contributed by atoms with Crippen LogP contribution in [0.4, 0.5) is 20.2 Å².